The van der Waals surface area contributed by atoms with E-state index >= 15 is 0 Å². The summed E-state index contributed by atoms with van der Waals surface area (Å²) in [5.74, 6) is 0.840. The maximum absolute atomic E-state index is 12.7. The maximum atomic E-state index is 12.7. The van der Waals surface area contributed by atoms with Gasteiger partial charge in [-0.15, -0.1) is 0 Å². The van der Waals surface area contributed by atoms with Crippen molar-refractivity contribution in [3.8, 4) is 5.75 Å². The Bertz CT molecular complexity index is 972. The van der Waals surface area contributed by atoms with E-state index in [-0.39, 0.29) is 5.91 Å². The normalized spacial score (nSPS) is 14.8. The van der Waals surface area contributed by atoms with Crippen molar-refractivity contribution in [3.05, 3.63) is 35.7 Å². The van der Waals surface area contributed by atoms with E-state index in [0.29, 0.717) is 25.4 Å². The molecule has 0 radical (unpaired) electrons. The van der Waals surface area contributed by atoms with Gasteiger partial charge in [-0.2, -0.15) is 5.10 Å². The SMILES string of the molecule is CCOc1cccc2sc(N3CCN(C(=O)c4nn(C)cc4C)CC3)nc12. The largest absolute Gasteiger partial charge is 0.492 e. The number of carbonyl (C=O) groups is 1. The molecule has 3 aromatic rings. The van der Waals surface area contributed by atoms with Crippen molar-refractivity contribution in [1.82, 2.24) is 19.7 Å². The number of fused-ring (bicyclic) bond motifs is 1. The number of piperazine rings is 1. The molecule has 4 rings (SSSR count). The van der Waals surface area contributed by atoms with Gasteiger partial charge in [0.1, 0.15) is 11.3 Å². The fourth-order valence-electron chi connectivity index (χ4n) is 3.39. The highest BCUT2D eigenvalue weighted by atomic mass is 32.1. The first-order valence-corrected chi connectivity index (χ1v) is 9.95. The second-order valence-electron chi connectivity index (χ2n) is 6.65. The van der Waals surface area contributed by atoms with E-state index in [4.69, 9.17) is 9.72 Å². The van der Waals surface area contributed by atoms with Crippen LogP contribution in [0.25, 0.3) is 10.2 Å². The monoisotopic (exact) mass is 385 g/mol. The van der Waals surface area contributed by atoms with Gasteiger partial charge in [-0.1, -0.05) is 17.4 Å². The van der Waals surface area contributed by atoms with Gasteiger partial charge in [0.2, 0.25) is 0 Å². The molecular weight excluding hydrogens is 362 g/mol. The van der Waals surface area contributed by atoms with Crippen LogP contribution in [0.15, 0.2) is 24.4 Å². The van der Waals surface area contributed by atoms with Crippen LogP contribution in [0.1, 0.15) is 23.0 Å². The lowest BCUT2D eigenvalue weighted by molar-refractivity contribution is 0.0739. The molecule has 1 amide bonds. The van der Waals surface area contributed by atoms with Crippen molar-refractivity contribution >= 4 is 32.6 Å². The van der Waals surface area contributed by atoms with Crippen LogP contribution in [0.2, 0.25) is 0 Å². The summed E-state index contributed by atoms with van der Waals surface area (Å²) in [5.41, 5.74) is 2.38. The summed E-state index contributed by atoms with van der Waals surface area (Å²) in [4.78, 5) is 21.7. The predicted molar refractivity (Wildman–Crippen MR) is 107 cm³/mol. The first kappa shape index (κ1) is 17.8. The van der Waals surface area contributed by atoms with Gasteiger partial charge in [-0.05, 0) is 26.0 Å². The first-order chi connectivity index (χ1) is 13.1. The van der Waals surface area contributed by atoms with Crippen molar-refractivity contribution in [3.63, 3.8) is 0 Å². The van der Waals surface area contributed by atoms with Crippen molar-refractivity contribution in [2.24, 2.45) is 7.05 Å². The molecule has 0 N–H and O–H groups in total. The highest BCUT2D eigenvalue weighted by Gasteiger charge is 2.26. The Hall–Kier alpha value is -2.61. The quantitative estimate of drug-likeness (QED) is 0.691. The molecule has 8 heteroatoms. The number of rotatable bonds is 4. The second-order valence-corrected chi connectivity index (χ2v) is 7.66. The third-order valence-corrected chi connectivity index (χ3v) is 5.80. The van der Waals surface area contributed by atoms with E-state index in [2.05, 4.69) is 16.1 Å². The molecule has 0 spiro atoms. The molecule has 0 atom stereocenters. The molecule has 1 fully saturated rings. The Morgan fingerprint density at radius 3 is 2.70 bits per heavy atom. The van der Waals surface area contributed by atoms with Crippen molar-refractivity contribution in [1.29, 1.82) is 0 Å². The molecule has 0 aliphatic carbocycles. The predicted octanol–water partition coefficient (Wildman–Crippen LogP) is 2.70. The molecule has 3 heterocycles. The average Bonchev–Trinajstić information content (AvgIpc) is 3.25. The summed E-state index contributed by atoms with van der Waals surface area (Å²) in [6, 6.07) is 6.03. The molecule has 1 aromatic carbocycles. The first-order valence-electron chi connectivity index (χ1n) is 9.13. The zero-order valence-electron chi connectivity index (χ0n) is 15.8. The summed E-state index contributed by atoms with van der Waals surface area (Å²) in [5, 5.41) is 5.29. The minimum atomic E-state index is 0.00989. The highest BCUT2D eigenvalue weighted by molar-refractivity contribution is 7.22. The minimum Gasteiger partial charge on any atom is -0.492 e. The Balaban J connectivity index is 1.48. The Morgan fingerprint density at radius 1 is 1.26 bits per heavy atom. The minimum absolute atomic E-state index is 0.00989. The second kappa shape index (κ2) is 7.19. The van der Waals surface area contributed by atoms with Crippen LogP contribution in [-0.2, 0) is 7.05 Å². The van der Waals surface area contributed by atoms with Crippen molar-refractivity contribution in [2.45, 2.75) is 13.8 Å². The summed E-state index contributed by atoms with van der Waals surface area (Å²) >= 11 is 1.67. The summed E-state index contributed by atoms with van der Waals surface area (Å²) in [6.07, 6.45) is 1.88. The lowest BCUT2D eigenvalue weighted by Crippen LogP contribution is -2.49. The molecule has 1 aliphatic rings. The topological polar surface area (TPSA) is 63.5 Å². The average molecular weight is 385 g/mol. The summed E-state index contributed by atoms with van der Waals surface area (Å²) in [7, 11) is 1.84. The smallest absolute Gasteiger partial charge is 0.274 e. The molecule has 0 bridgehead atoms. The van der Waals surface area contributed by atoms with Crippen LogP contribution in [0.5, 0.6) is 5.75 Å². The standard InChI is InChI=1S/C19H23N5O2S/c1-4-26-14-6-5-7-15-17(14)20-19(27-15)24-10-8-23(9-11-24)18(25)16-13(2)12-22(3)21-16/h5-7,12H,4,8-11H2,1-3H3. The number of anilines is 1. The summed E-state index contributed by atoms with van der Waals surface area (Å²) < 4.78 is 8.51. The van der Waals surface area contributed by atoms with E-state index in [9.17, 15) is 4.79 Å². The van der Waals surface area contributed by atoms with Crippen LogP contribution in [0.3, 0.4) is 0 Å². The molecular formula is C19H23N5O2S. The fourth-order valence-corrected chi connectivity index (χ4v) is 4.42. The van der Waals surface area contributed by atoms with E-state index in [0.717, 1.165) is 39.8 Å². The molecule has 27 heavy (non-hydrogen) atoms. The Kier molecular flexibility index (Phi) is 4.73. The molecule has 0 saturated carbocycles. The Labute approximate surface area is 162 Å². The van der Waals surface area contributed by atoms with Crippen LogP contribution in [0.4, 0.5) is 5.13 Å². The van der Waals surface area contributed by atoms with Gasteiger partial charge in [0.15, 0.2) is 10.8 Å². The van der Waals surface area contributed by atoms with Crippen LogP contribution >= 0.6 is 11.3 Å². The number of carbonyl (C=O) groups excluding carboxylic acids is 1. The molecule has 1 aliphatic heterocycles. The summed E-state index contributed by atoms with van der Waals surface area (Å²) in [6.45, 7) is 7.40. The third-order valence-electron chi connectivity index (χ3n) is 4.72. The fraction of sp³-hybridized carbons (Fsp3) is 0.421. The zero-order chi connectivity index (χ0) is 19.0. The number of aromatic nitrogens is 3. The number of amides is 1. The van der Waals surface area contributed by atoms with Gasteiger partial charge < -0.3 is 14.5 Å². The van der Waals surface area contributed by atoms with Crippen LogP contribution < -0.4 is 9.64 Å². The number of nitrogens with zero attached hydrogens (tertiary/aromatic N) is 5. The van der Waals surface area contributed by atoms with Gasteiger partial charge in [0.05, 0.1) is 11.3 Å². The molecule has 2 aromatic heterocycles. The van der Waals surface area contributed by atoms with Gasteiger partial charge in [-0.3, -0.25) is 9.48 Å². The molecule has 142 valence electrons. The molecule has 0 unspecified atom stereocenters. The van der Waals surface area contributed by atoms with Crippen molar-refractivity contribution in [2.75, 3.05) is 37.7 Å². The highest BCUT2D eigenvalue weighted by Crippen LogP contribution is 2.34. The number of aryl methyl sites for hydroxylation is 2. The van der Waals surface area contributed by atoms with Gasteiger partial charge in [0.25, 0.3) is 5.91 Å². The van der Waals surface area contributed by atoms with Crippen LogP contribution in [-0.4, -0.2) is 58.4 Å². The number of thiazole rings is 1. The van der Waals surface area contributed by atoms with Crippen LogP contribution in [0, 0.1) is 6.92 Å². The van der Waals surface area contributed by atoms with E-state index in [1.807, 2.05) is 44.1 Å². The number of ether oxygens (including phenoxy) is 1. The Morgan fingerprint density at radius 2 is 2.04 bits per heavy atom. The van der Waals surface area contributed by atoms with Gasteiger partial charge in [0, 0.05) is 45.0 Å². The van der Waals surface area contributed by atoms with Gasteiger partial charge in [-0.25, -0.2) is 4.98 Å². The molecule has 1 saturated heterocycles. The lowest BCUT2D eigenvalue weighted by atomic mass is 10.2. The number of para-hydroxylation sites is 1. The maximum Gasteiger partial charge on any atom is 0.274 e. The van der Waals surface area contributed by atoms with E-state index < -0.39 is 0 Å². The number of hydrogen-bond donors (Lipinski definition) is 0. The third kappa shape index (κ3) is 3.37. The zero-order valence-corrected chi connectivity index (χ0v) is 16.6. The number of benzene rings is 1. The number of hydrogen-bond acceptors (Lipinski definition) is 6. The van der Waals surface area contributed by atoms with E-state index in [1.165, 1.54) is 0 Å². The van der Waals surface area contributed by atoms with Gasteiger partial charge >= 0.3 is 0 Å². The lowest BCUT2D eigenvalue weighted by Gasteiger charge is -2.34. The van der Waals surface area contributed by atoms with E-state index in [1.54, 1.807) is 16.0 Å². The van der Waals surface area contributed by atoms with Crippen molar-refractivity contribution < 1.29 is 9.53 Å². The molecule has 7 nitrogen and oxygen atoms in total.